The molecule has 0 saturated carbocycles. The van der Waals surface area contributed by atoms with Gasteiger partial charge in [-0.2, -0.15) is 0 Å². The highest BCUT2D eigenvalue weighted by Crippen LogP contribution is 2.16. The molecular weight excluding hydrogens is 156 g/mol. The van der Waals surface area contributed by atoms with Crippen LogP contribution in [0.4, 0.5) is 0 Å². The monoisotopic (exact) mass is 170 g/mol. The van der Waals surface area contributed by atoms with Crippen molar-refractivity contribution in [3.8, 4) is 0 Å². The number of hydrogen-bond acceptors (Lipinski definition) is 3. The first kappa shape index (κ1) is 9.19. The van der Waals surface area contributed by atoms with Crippen LogP contribution in [-0.2, 0) is 9.59 Å². The Kier molecular flexibility index (Phi) is 2.81. The average molecular weight is 170 g/mol. The molecule has 0 aromatic heterocycles. The zero-order valence-electron chi connectivity index (χ0n) is 7.25. The van der Waals surface area contributed by atoms with Gasteiger partial charge >= 0.3 is 0 Å². The maximum Gasteiger partial charge on any atom is 0.234 e. The number of carbonyl (C=O) groups is 2. The fraction of sp³-hybridized carbons (Fsp3) is 0.750. The summed E-state index contributed by atoms with van der Waals surface area (Å²) < 4.78 is 0. The van der Waals surface area contributed by atoms with Gasteiger partial charge in [-0.15, -0.1) is 0 Å². The van der Waals surface area contributed by atoms with Crippen molar-refractivity contribution < 1.29 is 9.59 Å². The van der Waals surface area contributed by atoms with Gasteiger partial charge in [0.15, 0.2) is 0 Å². The fourth-order valence-corrected chi connectivity index (χ4v) is 1.33. The van der Waals surface area contributed by atoms with Crippen LogP contribution in [0, 0.1) is 0 Å². The second-order valence-corrected chi connectivity index (χ2v) is 3.19. The van der Waals surface area contributed by atoms with Gasteiger partial charge in [0.05, 0.1) is 6.04 Å². The Bertz CT molecular complexity index is 203. The predicted molar refractivity (Wildman–Crippen MR) is 44.5 cm³/mol. The molecule has 0 bridgehead atoms. The molecule has 1 amide bonds. The van der Waals surface area contributed by atoms with E-state index in [1.807, 2.05) is 4.90 Å². The summed E-state index contributed by atoms with van der Waals surface area (Å²) >= 11 is 0. The first-order valence-corrected chi connectivity index (χ1v) is 4.14. The van der Waals surface area contributed by atoms with Crippen LogP contribution >= 0.6 is 0 Å². The molecule has 0 aromatic carbocycles. The van der Waals surface area contributed by atoms with Crippen LogP contribution in [0.15, 0.2) is 0 Å². The molecule has 0 radical (unpaired) electrons. The van der Waals surface area contributed by atoms with E-state index < -0.39 is 0 Å². The zero-order chi connectivity index (χ0) is 9.14. The van der Waals surface area contributed by atoms with Gasteiger partial charge < -0.3 is 5.73 Å². The molecule has 1 heterocycles. The zero-order valence-corrected chi connectivity index (χ0v) is 7.25. The molecule has 1 rings (SSSR count). The molecule has 0 spiro atoms. The van der Waals surface area contributed by atoms with E-state index in [2.05, 4.69) is 0 Å². The van der Waals surface area contributed by atoms with Crippen molar-refractivity contribution in [2.75, 3.05) is 13.1 Å². The maximum absolute atomic E-state index is 10.7. The number of rotatable bonds is 4. The van der Waals surface area contributed by atoms with Crippen molar-refractivity contribution in [2.45, 2.75) is 25.8 Å². The molecule has 12 heavy (non-hydrogen) atoms. The molecule has 1 atom stereocenters. The van der Waals surface area contributed by atoms with Crippen LogP contribution in [0.3, 0.4) is 0 Å². The molecule has 0 aromatic rings. The molecule has 1 unspecified atom stereocenters. The van der Waals surface area contributed by atoms with E-state index in [0.29, 0.717) is 13.0 Å². The van der Waals surface area contributed by atoms with Gasteiger partial charge in [-0.3, -0.25) is 14.5 Å². The highest BCUT2D eigenvalue weighted by molar-refractivity contribution is 5.81. The van der Waals surface area contributed by atoms with Gasteiger partial charge in [-0.05, 0) is 13.3 Å². The first-order valence-electron chi connectivity index (χ1n) is 4.14. The number of carbonyl (C=O) groups excluding carboxylic acids is 2. The van der Waals surface area contributed by atoms with E-state index in [1.54, 1.807) is 6.92 Å². The Morgan fingerprint density at radius 3 is 2.58 bits per heavy atom. The summed E-state index contributed by atoms with van der Waals surface area (Å²) in [6, 6.07) is -0.121. The third-order valence-electron chi connectivity index (χ3n) is 2.21. The lowest BCUT2D eigenvalue weighted by Crippen LogP contribution is -2.55. The van der Waals surface area contributed by atoms with E-state index in [4.69, 9.17) is 5.73 Å². The SMILES string of the molecule is CC(=O)CCN1CCC1C(N)=O. The summed E-state index contributed by atoms with van der Waals surface area (Å²) in [5.74, 6) is -0.116. The lowest BCUT2D eigenvalue weighted by molar-refractivity contribution is -0.128. The summed E-state index contributed by atoms with van der Waals surface area (Å²) in [6.07, 6.45) is 1.36. The minimum atomic E-state index is -0.273. The lowest BCUT2D eigenvalue weighted by atomic mass is 10.0. The largest absolute Gasteiger partial charge is 0.368 e. The van der Waals surface area contributed by atoms with Crippen molar-refractivity contribution in [1.82, 2.24) is 4.90 Å². The second kappa shape index (κ2) is 3.67. The number of Topliss-reactive ketones (excluding diaryl/α,β-unsaturated/α-hetero) is 1. The number of nitrogens with two attached hydrogens (primary N) is 1. The normalized spacial score (nSPS) is 23.2. The third-order valence-corrected chi connectivity index (χ3v) is 2.21. The molecule has 1 aliphatic heterocycles. The molecule has 68 valence electrons. The molecule has 1 saturated heterocycles. The highest BCUT2D eigenvalue weighted by Gasteiger charge is 2.31. The maximum atomic E-state index is 10.7. The topological polar surface area (TPSA) is 63.4 Å². The Morgan fingerprint density at radius 2 is 2.25 bits per heavy atom. The number of ketones is 1. The van der Waals surface area contributed by atoms with Gasteiger partial charge in [0.2, 0.25) is 5.91 Å². The number of primary amides is 1. The van der Waals surface area contributed by atoms with E-state index in [0.717, 1.165) is 13.0 Å². The van der Waals surface area contributed by atoms with Crippen molar-refractivity contribution in [3.63, 3.8) is 0 Å². The smallest absolute Gasteiger partial charge is 0.234 e. The van der Waals surface area contributed by atoms with Gasteiger partial charge in [-0.1, -0.05) is 0 Å². The molecule has 2 N–H and O–H groups in total. The van der Waals surface area contributed by atoms with Crippen LogP contribution < -0.4 is 5.73 Å². The van der Waals surface area contributed by atoms with Crippen LogP contribution in [0.25, 0.3) is 0 Å². The molecule has 1 fully saturated rings. The highest BCUT2D eigenvalue weighted by atomic mass is 16.1. The Labute approximate surface area is 71.7 Å². The average Bonchev–Trinajstić information content (AvgIpc) is 1.82. The fourth-order valence-electron chi connectivity index (χ4n) is 1.33. The van der Waals surface area contributed by atoms with E-state index in [1.165, 1.54) is 0 Å². The summed E-state index contributed by atoms with van der Waals surface area (Å²) in [7, 11) is 0. The molecule has 4 nitrogen and oxygen atoms in total. The summed E-state index contributed by atoms with van der Waals surface area (Å²) in [5.41, 5.74) is 5.13. The minimum Gasteiger partial charge on any atom is -0.368 e. The van der Waals surface area contributed by atoms with E-state index >= 15 is 0 Å². The Balaban J connectivity index is 2.25. The lowest BCUT2D eigenvalue weighted by Gasteiger charge is -2.38. The standard InChI is InChI=1S/C8H14N2O2/c1-6(11)2-4-10-5-3-7(10)8(9)12/h7H,2-5H2,1H3,(H2,9,12). The first-order chi connectivity index (χ1) is 5.61. The summed E-state index contributed by atoms with van der Waals surface area (Å²) in [5, 5.41) is 0. The predicted octanol–water partition coefficient (Wildman–Crippen LogP) is -0.475. The third kappa shape index (κ3) is 2.04. The van der Waals surface area contributed by atoms with Gasteiger partial charge in [0.1, 0.15) is 5.78 Å². The van der Waals surface area contributed by atoms with Gasteiger partial charge in [-0.25, -0.2) is 0 Å². The Hall–Kier alpha value is -0.900. The summed E-state index contributed by atoms with van der Waals surface area (Å²) in [6.45, 7) is 3.11. The van der Waals surface area contributed by atoms with Crippen LogP contribution in [0.1, 0.15) is 19.8 Å². The minimum absolute atomic E-state index is 0.121. The number of hydrogen-bond donors (Lipinski definition) is 1. The number of likely N-dealkylation sites (tertiary alicyclic amines) is 1. The van der Waals surface area contributed by atoms with Crippen molar-refractivity contribution in [3.05, 3.63) is 0 Å². The van der Waals surface area contributed by atoms with Crippen LogP contribution in [-0.4, -0.2) is 35.7 Å². The second-order valence-electron chi connectivity index (χ2n) is 3.19. The molecular formula is C8H14N2O2. The Morgan fingerprint density at radius 1 is 1.58 bits per heavy atom. The van der Waals surface area contributed by atoms with E-state index in [-0.39, 0.29) is 17.7 Å². The summed E-state index contributed by atoms with van der Waals surface area (Å²) in [4.78, 5) is 23.3. The number of amides is 1. The quantitative estimate of drug-likeness (QED) is 0.620. The molecule has 1 aliphatic rings. The van der Waals surface area contributed by atoms with Gasteiger partial charge in [0, 0.05) is 19.5 Å². The van der Waals surface area contributed by atoms with Crippen molar-refractivity contribution >= 4 is 11.7 Å². The van der Waals surface area contributed by atoms with Crippen LogP contribution in [0.2, 0.25) is 0 Å². The molecule has 4 heteroatoms. The van der Waals surface area contributed by atoms with Gasteiger partial charge in [0.25, 0.3) is 0 Å². The van der Waals surface area contributed by atoms with Crippen LogP contribution in [0.5, 0.6) is 0 Å². The molecule has 0 aliphatic carbocycles. The number of nitrogens with zero attached hydrogens (tertiary/aromatic N) is 1. The van der Waals surface area contributed by atoms with Crippen molar-refractivity contribution in [1.29, 1.82) is 0 Å². The van der Waals surface area contributed by atoms with Crippen molar-refractivity contribution in [2.24, 2.45) is 5.73 Å². The van der Waals surface area contributed by atoms with E-state index in [9.17, 15) is 9.59 Å².